The number of carboxylic acid groups (broad SMARTS) is 1. The number of aliphatic carboxylic acids is 1. The van der Waals surface area contributed by atoms with Crippen molar-refractivity contribution in [3.05, 3.63) is 59.6 Å². The lowest BCUT2D eigenvalue weighted by Crippen LogP contribution is -2.25. The summed E-state index contributed by atoms with van der Waals surface area (Å²) in [5.41, 5.74) is 3.29. The molecule has 0 aliphatic heterocycles. The van der Waals surface area contributed by atoms with E-state index < -0.39 is 17.1 Å². The normalized spacial score (nSPS) is 18.8. The van der Waals surface area contributed by atoms with E-state index in [0.717, 1.165) is 48.1 Å². The first-order valence-electron chi connectivity index (χ1n) is 12.2. The SMILES string of the molecule is O=C(O)COC[C@H]1CC[C@H](Cn2nc(-c3ccccc3)c(-c3cccc(Cl)c3)c2[S+]([O-])CCO)CC1. The summed E-state index contributed by atoms with van der Waals surface area (Å²) in [7, 11) is 0. The van der Waals surface area contributed by atoms with Crippen LogP contribution in [0.4, 0.5) is 0 Å². The zero-order valence-corrected chi connectivity index (χ0v) is 21.6. The van der Waals surface area contributed by atoms with Gasteiger partial charge in [0.05, 0.1) is 18.8 Å². The van der Waals surface area contributed by atoms with Crippen LogP contribution in [0.3, 0.4) is 0 Å². The molecule has 0 amide bonds. The molecule has 1 saturated carbocycles. The lowest BCUT2D eigenvalue weighted by Gasteiger charge is -2.28. The van der Waals surface area contributed by atoms with Crippen LogP contribution in [0, 0.1) is 11.8 Å². The van der Waals surface area contributed by atoms with Gasteiger partial charge < -0.3 is 19.5 Å². The fourth-order valence-corrected chi connectivity index (χ4v) is 6.16. The number of carbonyl (C=O) groups is 1. The molecule has 2 N–H and O–H groups in total. The van der Waals surface area contributed by atoms with Gasteiger partial charge in [-0.3, -0.25) is 0 Å². The van der Waals surface area contributed by atoms with E-state index in [2.05, 4.69) is 0 Å². The topological polar surface area (TPSA) is 108 Å². The standard InChI is InChI=1S/C27H31ClN2O5S/c28-23-8-4-7-22(15-23)25-26(21-5-2-1-3-6-21)29-30(27(25)36(34)14-13-31)16-19-9-11-20(12-10-19)17-35-18-24(32)33/h1-8,15,19-20,31H,9-14,16-18H2,(H,32,33)/t19-,20-,36?. The van der Waals surface area contributed by atoms with Crippen LogP contribution < -0.4 is 0 Å². The van der Waals surface area contributed by atoms with Gasteiger partial charge in [-0.05, 0) is 55.2 Å². The van der Waals surface area contributed by atoms with Crippen LogP contribution in [0.15, 0.2) is 59.6 Å². The Morgan fingerprint density at radius 1 is 1.08 bits per heavy atom. The Balaban J connectivity index is 1.65. The molecule has 192 valence electrons. The molecule has 1 unspecified atom stereocenters. The minimum atomic E-state index is -1.45. The molecule has 1 aliphatic carbocycles. The lowest BCUT2D eigenvalue weighted by atomic mass is 9.82. The Hall–Kier alpha value is -2.36. The summed E-state index contributed by atoms with van der Waals surface area (Å²) in [4.78, 5) is 10.7. The van der Waals surface area contributed by atoms with Gasteiger partial charge in [-0.2, -0.15) is 5.10 Å². The number of halogens is 1. The summed E-state index contributed by atoms with van der Waals surface area (Å²) in [5.74, 6) is -0.124. The predicted octanol–water partition coefficient (Wildman–Crippen LogP) is 4.88. The van der Waals surface area contributed by atoms with Crippen molar-refractivity contribution in [1.82, 2.24) is 9.78 Å². The Labute approximate surface area is 219 Å². The summed E-state index contributed by atoms with van der Waals surface area (Å²) in [5, 5.41) is 24.5. The molecule has 3 aromatic rings. The quantitative estimate of drug-likeness (QED) is 0.342. The molecule has 0 spiro atoms. The maximum Gasteiger partial charge on any atom is 0.329 e. The van der Waals surface area contributed by atoms with E-state index in [9.17, 15) is 14.5 Å². The van der Waals surface area contributed by atoms with Crippen LogP contribution in [0.1, 0.15) is 25.7 Å². The summed E-state index contributed by atoms with van der Waals surface area (Å²) in [6.07, 6.45) is 3.82. The predicted molar refractivity (Wildman–Crippen MR) is 140 cm³/mol. The molecule has 1 heterocycles. The summed E-state index contributed by atoms with van der Waals surface area (Å²) >= 11 is 4.87. The van der Waals surface area contributed by atoms with Crippen molar-refractivity contribution in [3.8, 4) is 22.4 Å². The number of benzene rings is 2. The van der Waals surface area contributed by atoms with E-state index in [1.807, 2.05) is 53.2 Å². The van der Waals surface area contributed by atoms with E-state index in [1.165, 1.54) is 0 Å². The van der Waals surface area contributed by atoms with Crippen LogP contribution in [-0.4, -0.2) is 56.1 Å². The van der Waals surface area contributed by atoms with Gasteiger partial charge in [0, 0.05) is 28.3 Å². The molecule has 2 aromatic carbocycles. The first-order valence-corrected chi connectivity index (χ1v) is 13.9. The fourth-order valence-electron chi connectivity index (χ4n) is 4.82. The number of aliphatic hydroxyl groups is 1. The molecular formula is C27H31ClN2O5S. The number of aliphatic hydroxyl groups excluding tert-OH is 1. The highest BCUT2D eigenvalue weighted by Crippen LogP contribution is 2.39. The summed E-state index contributed by atoms with van der Waals surface area (Å²) in [6, 6.07) is 17.3. The van der Waals surface area contributed by atoms with E-state index in [4.69, 9.17) is 26.5 Å². The van der Waals surface area contributed by atoms with Crippen LogP contribution in [0.25, 0.3) is 22.4 Å². The highest BCUT2D eigenvalue weighted by molar-refractivity contribution is 7.91. The van der Waals surface area contributed by atoms with Gasteiger partial charge in [0.15, 0.2) is 0 Å². The van der Waals surface area contributed by atoms with Gasteiger partial charge in [-0.1, -0.05) is 54.1 Å². The van der Waals surface area contributed by atoms with E-state index in [0.29, 0.717) is 35.0 Å². The smallest absolute Gasteiger partial charge is 0.329 e. The molecule has 1 atom stereocenters. The minimum absolute atomic E-state index is 0.126. The van der Waals surface area contributed by atoms with Crippen LogP contribution >= 0.6 is 11.6 Å². The molecule has 0 saturated heterocycles. The maximum absolute atomic E-state index is 13.4. The molecule has 9 heteroatoms. The second kappa shape index (κ2) is 12.7. The Morgan fingerprint density at radius 2 is 1.78 bits per heavy atom. The third-order valence-corrected chi connectivity index (χ3v) is 8.17. The first kappa shape index (κ1) is 26.7. The van der Waals surface area contributed by atoms with Crippen LogP contribution in [0.2, 0.25) is 5.02 Å². The zero-order chi connectivity index (χ0) is 25.5. The molecule has 4 rings (SSSR count). The molecule has 36 heavy (non-hydrogen) atoms. The molecule has 7 nitrogen and oxygen atoms in total. The highest BCUT2D eigenvalue weighted by Gasteiger charge is 2.31. The largest absolute Gasteiger partial charge is 0.610 e. The van der Waals surface area contributed by atoms with Crippen molar-refractivity contribution < 1.29 is 24.3 Å². The monoisotopic (exact) mass is 530 g/mol. The first-order chi connectivity index (χ1) is 17.5. The Bertz CT molecular complexity index is 1150. The second-order valence-electron chi connectivity index (χ2n) is 9.16. The van der Waals surface area contributed by atoms with Crippen molar-refractivity contribution in [2.45, 2.75) is 37.3 Å². The number of rotatable bonds is 11. The van der Waals surface area contributed by atoms with Crippen LogP contribution in [0.5, 0.6) is 0 Å². The second-order valence-corrected chi connectivity index (χ2v) is 11.1. The summed E-state index contributed by atoms with van der Waals surface area (Å²) in [6.45, 7) is 0.635. The molecule has 1 aromatic heterocycles. The Kier molecular flexibility index (Phi) is 9.45. The number of hydrogen-bond acceptors (Lipinski definition) is 5. The van der Waals surface area contributed by atoms with Crippen molar-refractivity contribution in [2.75, 3.05) is 25.6 Å². The average molecular weight is 531 g/mol. The number of carboxylic acids is 1. The summed E-state index contributed by atoms with van der Waals surface area (Å²) < 4.78 is 20.6. The van der Waals surface area contributed by atoms with Gasteiger partial charge in [0.1, 0.15) is 18.1 Å². The lowest BCUT2D eigenvalue weighted by molar-refractivity contribution is -0.142. The van der Waals surface area contributed by atoms with Crippen molar-refractivity contribution in [1.29, 1.82) is 0 Å². The van der Waals surface area contributed by atoms with Crippen molar-refractivity contribution >= 4 is 28.7 Å². The molecule has 0 radical (unpaired) electrons. The number of hydrogen-bond donors (Lipinski definition) is 2. The van der Waals surface area contributed by atoms with E-state index >= 15 is 0 Å². The molecule has 0 bridgehead atoms. The van der Waals surface area contributed by atoms with Gasteiger partial charge in [-0.15, -0.1) is 0 Å². The number of ether oxygens (including phenoxy) is 1. The third-order valence-electron chi connectivity index (χ3n) is 6.54. The molecule has 1 aliphatic rings. The molecule has 1 fully saturated rings. The number of nitrogens with zero attached hydrogens (tertiary/aromatic N) is 2. The highest BCUT2D eigenvalue weighted by atomic mass is 35.5. The van der Waals surface area contributed by atoms with Crippen LogP contribution in [-0.2, 0) is 27.3 Å². The zero-order valence-electron chi connectivity index (χ0n) is 20.0. The fraction of sp³-hybridized carbons (Fsp3) is 0.407. The molecular weight excluding hydrogens is 500 g/mol. The van der Waals surface area contributed by atoms with Gasteiger partial charge in [0.25, 0.3) is 5.03 Å². The number of aromatic nitrogens is 2. The Morgan fingerprint density at radius 3 is 2.44 bits per heavy atom. The van der Waals surface area contributed by atoms with Gasteiger partial charge in [0.2, 0.25) is 0 Å². The van der Waals surface area contributed by atoms with Crippen molar-refractivity contribution in [2.24, 2.45) is 11.8 Å². The average Bonchev–Trinajstić information content (AvgIpc) is 3.25. The minimum Gasteiger partial charge on any atom is -0.610 e. The van der Waals surface area contributed by atoms with Crippen molar-refractivity contribution in [3.63, 3.8) is 0 Å². The van der Waals surface area contributed by atoms with E-state index in [1.54, 1.807) is 6.07 Å². The maximum atomic E-state index is 13.4. The van der Waals surface area contributed by atoms with Gasteiger partial charge >= 0.3 is 5.97 Å². The third kappa shape index (κ3) is 6.69. The van der Waals surface area contributed by atoms with Gasteiger partial charge in [-0.25, -0.2) is 9.48 Å². The van der Waals surface area contributed by atoms with E-state index in [-0.39, 0.29) is 19.0 Å².